The second kappa shape index (κ2) is 9.20. The van der Waals surface area contributed by atoms with Crippen LogP contribution in [0.4, 0.5) is 13.2 Å². The molecule has 21 heavy (non-hydrogen) atoms. The smallest absolute Gasteiger partial charge is 0.314 e. The van der Waals surface area contributed by atoms with Crippen LogP contribution in [0.3, 0.4) is 0 Å². The molecule has 2 rings (SSSR count). The molecule has 2 heterocycles. The van der Waals surface area contributed by atoms with Gasteiger partial charge in [0.25, 0.3) is 0 Å². The van der Waals surface area contributed by atoms with Crippen LogP contribution in [-0.2, 0) is 0 Å². The fourth-order valence-corrected chi connectivity index (χ4v) is 3.48. The summed E-state index contributed by atoms with van der Waals surface area (Å²) in [5.74, 6) is 0. The van der Waals surface area contributed by atoms with Gasteiger partial charge in [-0.25, -0.2) is 0 Å². The molecule has 0 bridgehead atoms. The van der Waals surface area contributed by atoms with Crippen LogP contribution in [0.15, 0.2) is 12.1 Å². The summed E-state index contributed by atoms with van der Waals surface area (Å²) in [7, 11) is 0. The second-order valence-electron chi connectivity index (χ2n) is 4.90. The van der Waals surface area contributed by atoms with E-state index < -0.39 is 12.6 Å². The molecule has 124 valence electrons. The van der Waals surface area contributed by atoms with Crippen molar-refractivity contribution in [3.8, 4) is 0 Å². The van der Waals surface area contributed by atoms with Crippen molar-refractivity contribution in [2.75, 3.05) is 26.2 Å². The number of nitrogens with one attached hydrogen (secondary N) is 1. The molecule has 1 saturated heterocycles. The Morgan fingerprint density at radius 3 is 2.33 bits per heavy atom. The first kappa shape index (κ1) is 21.0. The summed E-state index contributed by atoms with van der Waals surface area (Å²) in [5, 5.41) is 3.24. The van der Waals surface area contributed by atoms with E-state index >= 15 is 0 Å². The number of nitrogens with zero attached hydrogens (tertiary/aromatic N) is 1. The van der Waals surface area contributed by atoms with Gasteiger partial charge < -0.3 is 5.32 Å². The first-order valence-corrected chi connectivity index (χ1v) is 7.35. The lowest BCUT2D eigenvalue weighted by Crippen LogP contribution is -2.45. The Morgan fingerprint density at radius 1 is 1.24 bits per heavy atom. The molecule has 0 aliphatic carbocycles. The van der Waals surface area contributed by atoms with Crippen molar-refractivity contribution < 1.29 is 13.2 Å². The third-order valence-corrected chi connectivity index (χ3v) is 4.49. The fourth-order valence-electron chi connectivity index (χ4n) is 2.43. The van der Waals surface area contributed by atoms with Gasteiger partial charge in [-0.1, -0.05) is 0 Å². The molecule has 1 N–H and O–H groups in total. The van der Waals surface area contributed by atoms with Gasteiger partial charge in [0.2, 0.25) is 0 Å². The second-order valence-corrected chi connectivity index (χ2v) is 6.22. The number of thiophene rings is 1. The van der Waals surface area contributed by atoms with Crippen LogP contribution in [0, 0.1) is 6.92 Å². The highest BCUT2D eigenvalue weighted by atomic mass is 35.5. The summed E-state index contributed by atoms with van der Waals surface area (Å²) in [6.07, 6.45) is -4.62. The molecule has 0 amide bonds. The van der Waals surface area contributed by atoms with Crippen molar-refractivity contribution in [1.29, 1.82) is 0 Å². The summed E-state index contributed by atoms with van der Waals surface area (Å²) in [5.41, 5.74) is 0. The Balaban J connectivity index is 0.00000200. The largest absolute Gasteiger partial charge is 0.389 e. The maximum absolute atomic E-state index is 12.5. The first-order chi connectivity index (χ1) is 8.96. The van der Waals surface area contributed by atoms with E-state index in [2.05, 4.69) is 10.2 Å². The molecule has 1 aromatic rings. The number of hydrogen-bond acceptors (Lipinski definition) is 3. The molecule has 0 radical (unpaired) electrons. The number of aryl methyl sites for hydroxylation is 1. The Kier molecular flexibility index (Phi) is 9.20. The van der Waals surface area contributed by atoms with Crippen molar-refractivity contribution in [2.45, 2.75) is 32.0 Å². The van der Waals surface area contributed by atoms with Crippen LogP contribution >= 0.6 is 36.2 Å². The average Bonchev–Trinajstić information content (AvgIpc) is 2.76. The molecule has 0 aromatic carbocycles. The highest BCUT2D eigenvalue weighted by Gasteiger charge is 2.31. The van der Waals surface area contributed by atoms with E-state index in [4.69, 9.17) is 0 Å². The lowest BCUT2D eigenvalue weighted by molar-refractivity contribution is -0.138. The van der Waals surface area contributed by atoms with Crippen molar-refractivity contribution in [3.05, 3.63) is 21.9 Å². The van der Waals surface area contributed by atoms with E-state index in [0.29, 0.717) is 0 Å². The molecule has 1 aliphatic heterocycles. The molecule has 1 atom stereocenters. The normalized spacial score (nSPS) is 17.7. The molecule has 0 unspecified atom stereocenters. The van der Waals surface area contributed by atoms with Crippen molar-refractivity contribution in [1.82, 2.24) is 10.2 Å². The number of alkyl halides is 3. The lowest BCUT2D eigenvalue weighted by atomic mass is 10.1. The van der Waals surface area contributed by atoms with Crippen LogP contribution in [0.2, 0.25) is 0 Å². The van der Waals surface area contributed by atoms with Crippen molar-refractivity contribution in [2.24, 2.45) is 0 Å². The number of halogens is 5. The summed E-state index contributed by atoms with van der Waals surface area (Å²) in [6, 6.07) is 3.87. The topological polar surface area (TPSA) is 15.3 Å². The van der Waals surface area contributed by atoms with Gasteiger partial charge in [-0.3, -0.25) is 4.90 Å². The fraction of sp³-hybridized carbons (Fsp3) is 0.692. The van der Waals surface area contributed by atoms with Crippen LogP contribution in [0.25, 0.3) is 0 Å². The van der Waals surface area contributed by atoms with Crippen LogP contribution in [-0.4, -0.2) is 37.3 Å². The number of piperazine rings is 1. The minimum atomic E-state index is -4.07. The van der Waals surface area contributed by atoms with E-state index in [0.717, 1.165) is 35.9 Å². The summed E-state index contributed by atoms with van der Waals surface area (Å²) >= 11 is 1.61. The number of hydrogen-bond donors (Lipinski definition) is 1. The van der Waals surface area contributed by atoms with Gasteiger partial charge in [0, 0.05) is 48.4 Å². The Morgan fingerprint density at radius 2 is 1.86 bits per heavy atom. The minimum absolute atomic E-state index is 0. The molecular weight excluding hydrogens is 344 g/mol. The summed E-state index contributed by atoms with van der Waals surface area (Å²) in [4.78, 5) is 4.39. The maximum atomic E-state index is 12.5. The Hall–Kier alpha value is -0.0100. The van der Waals surface area contributed by atoms with Gasteiger partial charge in [0.15, 0.2) is 0 Å². The summed E-state index contributed by atoms with van der Waals surface area (Å²) in [6.45, 7) is 5.34. The molecule has 1 aliphatic rings. The van der Waals surface area contributed by atoms with Gasteiger partial charge in [0.1, 0.15) is 0 Å². The van der Waals surface area contributed by atoms with Gasteiger partial charge in [0.05, 0.1) is 0 Å². The van der Waals surface area contributed by atoms with Gasteiger partial charge in [-0.05, 0) is 25.5 Å². The Labute approximate surface area is 139 Å². The Bertz CT molecular complexity index is 406. The maximum Gasteiger partial charge on any atom is 0.389 e. The standard InChI is InChI=1S/C13H19F3N2S.2ClH/c1-10-2-3-12(19-10)11(4-5-13(14,15)16)18-8-6-17-7-9-18;;/h2-3,11,17H,4-9H2,1H3;2*1H/t11-;;/m0../s1. The highest BCUT2D eigenvalue weighted by Crippen LogP contribution is 2.34. The molecule has 0 spiro atoms. The van der Waals surface area contributed by atoms with Gasteiger partial charge >= 0.3 is 6.18 Å². The minimum Gasteiger partial charge on any atom is -0.314 e. The molecular formula is C13H21Cl2F3N2S. The molecule has 1 fully saturated rings. The SMILES string of the molecule is Cc1ccc([C@H](CCC(F)(F)F)N2CCNCC2)s1.Cl.Cl. The molecule has 2 nitrogen and oxygen atoms in total. The van der Waals surface area contributed by atoms with Crippen molar-refractivity contribution in [3.63, 3.8) is 0 Å². The predicted octanol–water partition coefficient (Wildman–Crippen LogP) is 4.19. The average molecular weight is 365 g/mol. The summed E-state index contributed by atoms with van der Waals surface area (Å²) < 4.78 is 37.4. The molecule has 1 aromatic heterocycles. The quantitative estimate of drug-likeness (QED) is 0.861. The van der Waals surface area contributed by atoms with Crippen molar-refractivity contribution >= 4 is 36.2 Å². The zero-order chi connectivity index (χ0) is 13.9. The number of rotatable bonds is 4. The van der Waals surface area contributed by atoms with E-state index in [1.165, 1.54) is 0 Å². The molecule has 8 heteroatoms. The zero-order valence-corrected chi connectivity index (χ0v) is 14.2. The first-order valence-electron chi connectivity index (χ1n) is 6.53. The van der Waals surface area contributed by atoms with Crippen LogP contribution in [0.5, 0.6) is 0 Å². The third-order valence-electron chi connectivity index (χ3n) is 3.38. The predicted molar refractivity (Wildman–Crippen MR) is 86.0 cm³/mol. The monoisotopic (exact) mass is 364 g/mol. The van der Waals surface area contributed by atoms with Crippen LogP contribution < -0.4 is 5.32 Å². The van der Waals surface area contributed by atoms with E-state index in [1.54, 1.807) is 11.3 Å². The highest BCUT2D eigenvalue weighted by molar-refractivity contribution is 7.12. The van der Waals surface area contributed by atoms with E-state index in [-0.39, 0.29) is 37.3 Å². The van der Waals surface area contributed by atoms with Crippen LogP contribution in [0.1, 0.15) is 28.6 Å². The van der Waals surface area contributed by atoms with E-state index in [1.807, 2.05) is 19.1 Å². The molecule has 0 saturated carbocycles. The lowest BCUT2D eigenvalue weighted by Gasteiger charge is -2.34. The van der Waals surface area contributed by atoms with Gasteiger partial charge in [-0.2, -0.15) is 13.2 Å². The zero-order valence-electron chi connectivity index (χ0n) is 11.8. The third kappa shape index (κ3) is 6.74. The van der Waals surface area contributed by atoms with Gasteiger partial charge in [-0.15, -0.1) is 36.2 Å². The van der Waals surface area contributed by atoms with E-state index in [9.17, 15) is 13.2 Å².